The van der Waals surface area contributed by atoms with Crippen molar-refractivity contribution in [1.82, 2.24) is 10.2 Å². The molecule has 0 aliphatic rings. The zero-order valence-electron chi connectivity index (χ0n) is 9.51. The minimum atomic E-state index is -1.23. The Kier molecular flexibility index (Phi) is 6.23. The Labute approximate surface area is 106 Å². The molecular weight excluding hydrogens is 262 g/mol. The molecule has 0 bridgehead atoms. The fraction of sp³-hybridized carbons (Fsp3) is 0.667. The summed E-state index contributed by atoms with van der Waals surface area (Å²) in [7, 11) is -1.23. The van der Waals surface area contributed by atoms with Crippen molar-refractivity contribution in [2.45, 2.75) is 19.8 Å². The van der Waals surface area contributed by atoms with E-state index in [9.17, 15) is 9.00 Å². The molecule has 1 aromatic rings. The highest BCUT2D eigenvalue weighted by Crippen LogP contribution is 2.15. The summed E-state index contributed by atoms with van der Waals surface area (Å²) in [6, 6.07) is 0. The molecule has 0 radical (unpaired) electrons. The molecule has 0 saturated carbocycles. The minimum absolute atomic E-state index is 0.0103. The van der Waals surface area contributed by atoms with E-state index in [1.165, 1.54) is 11.3 Å². The van der Waals surface area contributed by atoms with Crippen LogP contribution in [0, 0.1) is 0 Å². The number of aliphatic hydroxyl groups is 1. The van der Waals surface area contributed by atoms with Crippen molar-refractivity contribution in [2.75, 3.05) is 23.4 Å². The molecule has 0 fully saturated rings. The van der Waals surface area contributed by atoms with Crippen LogP contribution in [0.25, 0.3) is 0 Å². The number of anilines is 1. The van der Waals surface area contributed by atoms with Gasteiger partial charge in [0.2, 0.25) is 11.0 Å². The standard InChI is InChI=1S/C9H15N3O3S2/c1-2-8-11-12-9(16-8)10-7(14)6-17(15)5-3-4-13/h13H,2-6H2,1H3,(H,10,12,14). The highest BCUT2D eigenvalue weighted by Gasteiger charge is 2.10. The van der Waals surface area contributed by atoms with Crippen molar-refractivity contribution in [2.24, 2.45) is 0 Å². The summed E-state index contributed by atoms with van der Waals surface area (Å²) in [5.41, 5.74) is 0. The van der Waals surface area contributed by atoms with Gasteiger partial charge in [-0.2, -0.15) is 0 Å². The topological polar surface area (TPSA) is 92.2 Å². The van der Waals surface area contributed by atoms with Gasteiger partial charge in [0.25, 0.3) is 0 Å². The molecule has 1 rings (SSSR count). The number of aromatic nitrogens is 2. The Hall–Kier alpha value is -0.860. The molecule has 1 amide bonds. The maximum absolute atomic E-state index is 11.5. The monoisotopic (exact) mass is 277 g/mol. The number of nitrogens with one attached hydrogen (secondary N) is 1. The van der Waals surface area contributed by atoms with Crippen LogP contribution in [0.15, 0.2) is 0 Å². The molecule has 8 heteroatoms. The number of aliphatic hydroxyl groups excluding tert-OH is 1. The fourth-order valence-corrected chi connectivity index (χ4v) is 2.70. The molecule has 0 aliphatic carbocycles. The third-order valence-corrected chi connectivity index (χ3v) is 4.15. The smallest absolute Gasteiger partial charge is 0.238 e. The van der Waals surface area contributed by atoms with Crippen molar-refractivity contribution in [3.8, 4) is 0 Å². The average molecular weight is 277 g/mol. The van der Waals surface area contributed by atoms with E-state index in [4.69, 9.17) is 5.11 Å². The van der Waals surface area contributed by atoms with E-state index in [2.05, 4.69) is 15.5 Å². The van der Waals surface area contributed by atoms with Crippen molar-refractivity contribution in [1.29, 1.82) is 0 Å². The maximum Gasteiger partial charge on any atom is 0.238 e. The summed E-state index contributed by atoms with van der Waals surface area (Å²) in [5.74, 6) is -0.0681. The molecule has 0 saturated heterocycles. The lowest BCUT2D eigenvalue weighted by molar-refractivity contribution is -0.113. The number of carbonyl (C=O) groups is 1. The summed E-state index contributed by atoms with van der Waals surface area (Å²) < 4.78 is 11.4. The molecule has 0 spiro atoms. The zero-order chi connectivity index (χ0) is 12.7. The maximum atomic E-state index is 11.5. The normalized spacial score (nSPS) is 12.4. The lowest BCUT2D eigenvalue weighted by Gasteiger charge is -2.00. The first kappa shape index (κ1) is 14.2. The van der Waals surface area contributed by atoms with E-state index in [0.717, 1.165) is 11.4 Å². The Morgan fingerprint density at radius 2 is 2.29 bits per heavy atom. The molecule has 6 nitrogen and oxygen atoms in total. The van der Waals surface area contributed by atoms with Gasteiger partial charge in [-0.05, 0) is 12.8 Å². The number of aryl methyl sites for hydroxylation is 1. The van der Waals surface area contributed by atoms with E-state index >= 15 is 0 Å². The molecule has 1 heterocycles. The first-order chi connectivity index (χ1) is 8.15. The third-order valence-electron chi connectivity index (χ3n) is 1.84. The summed E-state index contributed by atoms with van der Waals surface area (Å²) in [4.78, 5) is 11.5. The largest absolute Gasteiger partial charge is 0.396 e. The molecule has 1 atom stereocenters. The Morgan fingerprint density at radius 1 is 1.53 bits per heavy atom. The van der Waals surface area contributed by atoms with Gasteiger partial charge in [-0.15, -0.1) is 10.2 Å². The van der Waals surface area contributed by atoms with E-state index < -0.39 is 10.8 Å². The third kappa shape index (κ3) is 5.33. The number of carbonyl (C=O) groups excluding carboxylic acids is 1. The number of hydrogen-bond acceptors (Lipinski definition) is 6. The average Bonchev–Trinajstić information content (AvgIpc) is 2.73. The second kappa shape index (κ2) is 7.46. The fourth-order valence-electron chi connectivity index (χ4n) is 1.05. The zero-order valence-corrected chi connectivity index (χ0v) is 11.1. The second-order valence-corrected chi connectivity index (χ2v) is 5.91. The van der Waals surface area contributed by atoms with E-state index in [-0.39, 0.29) is 18.3 Å². The quantitative estimate of drug-likeness (QED) is 0.741. The van der Waals surface area contributed by atoms with Gasteiger partial charge in [0.1, 0.15) is 10.8 Å². The van der Waals surface area contributed by atoms with Crippen LogP contribution in [0.3, 0.4) is 0 Å². The predicted octanol–water partition coefficient (Wildman–Crippen LogP) is 0.170. The highest BCUT2D eigenvalue weighted by molar-refractivity contribution is 7.85. The lowest BCUT2D eigenvalue weighted by Crippen LogP contribution is -2.21. The SMILES string of the molecule is CCc1nnc(NC(=O)CS(=O)CCCO)s1. The molecule has 0 aliphatic heterocycles. The summed E-state index contributed by atoms with van der Waals surface area (Å²) in [6.07, 6.45) is 1.22. The van der Waals surface area contributed by atoms with Crippen molar-refractivity contribution in [3.63, 3.8) is 0 Å². The number of rotatable bonds is 7. The van der Waals surface area contributed by atoms with Crippen LogP contribution >= 0.6 is 11.3 Å². The Morgan fingerprint density at radius 3 is 2.88 bits per heavy atom. The van der Waals surface area contributed by atoms with E-state index in [0.29, 0.717) is 17.3 Å². The van der Waals surface area contributed by atoms with Crippen molar-refractivity contribution < 1.29 is 14.1 Å². The van der Waals surface area contributed by atoms with Gasteiger partial charge in [0.15, 0.2) is 0 Å². The highest BCUT2D eigenvalue weighted by atomic mass is 32.2. The summed E-state index contributed by atoms with van der Waals surface area (Å²) in [5, 5.41) is 20.1. The Balaban J connectivity index is 2.36. The molecule has 1 aromatic heterocycles. The Bertz CT molecular complexity index is 395. The first-order valence-corrected chi connectivity index (χ1v) is 7.54. The van der Waals surface area contributed by atoms with Gasteiger partial charge in [0.05, 0.1) is 0 Å². The van der Waals surface area contributed by atoms with Crippen molar-refractivity contribution >= 4 is 33.2 Å². The molecule has 2 N–H and O–H groups in total. The van der Waals surface area contributed by atoms with Crippen LogP contribution < -0.4 is 5.32 Å². The van der Waals surface area contributed by atoms with Crippen LogP contribution in [-0.4, -0.2) is 43.5 Å². The molecule has 0 aromatic carbocycles. The van der Waals surface area contributed by atoms with Crippen LogP contribution in [0.1, 0.15) is 18.4 Å². The number of hydrogen-bond donors (Lipinski definition) is 2. The molecule has 17 heavy (non-hydrogen) atoms. The van der Waals surface area contributed by atoms with Crippen molar-refractivity contribution in [3.05, 3.63) is 5.01 Å². The molecular formula is C9H15N3O3S2. The summed E-state index contributed by atoms with van der Waals surface area (Å²) in [6.45, 7) is 1.94. The van der Waals surface area contributed by atoms with Crippen LogP contribution in [0.5, 0.6) is 0 Å². The van der Waals surface area contributed by atoms with Crippen LogP contribution in [0.2, 0.25) is 0 Å². The number of nitrogens with zero attached hydrogens (tertiary/aromatic N) is 2. The van der Waals surface area contributed by atoms with Crippen LogP contribution in [0.4, 0.5) is 5.13 Å². The van der Waals surface area contributed by atoms with Gasteiger partial charge < -0.3 is 5.11 Å². The van der Waals surface area contributed by atoms with Gasteiger partial charge in [0, 0.05) is 23.2 Å². The van der Waals surface area contributed by atoms with Gasteiger partial charge >= 0.3 is 0 Å². The minimum Gasteiger partial charge on any atom is -0.396 e. The van der Waals surface area contributed by atoms with E-state index in [1.807, 2.05) is 6.92 Å². The van der Waals surface area contributed by atoms with E-state index in [1.54, 1.807) is 0 Å². The van der Waals surface area contributed by atoms with Gasteiger partial charge in [-0.1, -0.05) is 18.3 Å². The molecule has 96 valence electrons. The predicted molar refractivity (Wildman–Crippen MR) is 67.5 cm³/mol. The van der Waals surface area contributed by atoms with Gasteiger partial charge in [-0.3, -0.25) is 14.3 Å². The van der Waals surface area contributed by atoms with Crippen LogP contribution in [-0.2, 0) is 22.0 Å². The second-order valence-electron chi connectivity index (χ2n) is 3.27. The summed E-state index contributed by atoms with van der Waals surface area (Å²) >= 11 is 1.31. The number of amides is 1. The first-order valence-electron chi connectivity index (χ1n) is 5.23. The molecule has 1 unspecified atom stereocenters. The van der Waals surface area contributed by atoms with Gasteiger partial charge in [-0.25, -0.2) is 0 Å². The lowest BCUT2D eigenvalue weighted by atomic mass is 10.5.